The van der Waals surface area contributed by atoms with Gasteiger partial charge in [0.15, 0.2) is 0 Å². The highest BCUT2D eigenvalue weighted by Gasteiger charge is 2.46. The van der Waals surface area contributed by atoms with E-state index in [0.29, 0.717) is 34.3 Å². The molecule has 0 bridgehead atoms. The lowest BCUT2D eigenvalue weighted by Crippen LogP contribution is -2.60. The number of amides is 1. The topological polar surface area (TPSA) is 79.2 Å². The van der Waals surface area contributed by atoms with Crippen molar-refractivity contribution >= 4 is 23.4 Å². The average molecular weight is 409 g/mol. The summed E-state index contributed by atoms with van der Waals surface area (Å²) in [6.07, 6.45) is 1.51. The molecule has 29 heavy (non-hydrogen) atoms. The number of hydrogen-bond donors (Lipinski definition) is 1. The highest BCUT2D eigenvalue weighted by atomic mass is 32.2. The first-order valence-electron chi connectivity index (χ1n) is 9.25. The molecule has 1 amide bonds. The standard InChI is InChI=1S/C21H20N4O3S/c1-4-17(26)24-15-11-7-5-9-13(15)18-19(27)22-21(29-3)23-25(18)20(24)14-10-6-8-12-16(14)28-2/h5-12,20H,4H2,1-3H3/p+1/t20-/m1/s1. The second kappa shape index (κ2) is 7.71. The summed E-state index contributed by atoms with van der Waals surface area (Å²) in [5, 5.41) is 5.14. The number of methoxy groups -OCH3 is 1. The van der Waals surface area contributed by atoms with E-state index in [1.165, 1.54) is 11.8 Å². The maximum atomic E-state index is 13.1. The van der Waals surface area contributed by atoms with Gasteiger partial charge in [0.25, 0.3) is 6.17 Å². The normalized spacial score (nSPS) is 14.9. The van der Waals surface area contributed by atoms with E-state index in [4.69, 9.17) is 4.74 Å². The fourth-order valence-corrected chi connectivity index (χ4v) is 4.03. The molecule has 0 saturated heterocycles. The van der Waals surface area contributed by atoms with Crippen LogP contribution in [-0.2, 0) is 4.79 Å². The molecule has 0 unspecified atom stereocenters. The van der Waals surface area contributed by atoms with Crippen LogP contribution in [0.25, 0.3) is 11.3 Å². The van der Waals surface area contributed by atoms with Gasteiger partial charge in [0, 0.05) is 11.5 Å². The number of carbonyl (C=O) groups excluding carboxylic acids is 1. The lowest BCUT2D eigenvalue weighted by Gasteiger charge is -2.32. The van der Waals surface area contributed by atoms with Crippen molar-refractivity contribution in [2.75, 3.05) is 18.3 Å². The monoisotopic (exact) mass is 409 g/mol. The minimum absolute atomic E-state index is 0.0701. The highest BCUT2D eigenvalue weighted by molar-refractivity contribution is 7.98. The Hall–Kier alpha value is -3.13. The number of nitrogens with one attached hydrogen (secondary N) is 1. The number of rotatable bonds is 4. The molecule has 0 spiro atoms. The van der Waals surface area contributed by atoms with Crippen molar-refractivity contribution in [1.82, 2.24) is 10.1 Å². The molecular formula is C21H21N4O3S+. The summed E-state index contributed by atoms with van der Waals surface area (Å²) >= 11 is 1.34. The van der Waals surface area contributed by atoms with Crippen LogP contribution in [0, 0.1) is 0 Å². The average Bonchev–Trinajstić information content (AvgIpc) is 2.77. The minimum atomic E-state index is -0.642. The number of para-hydroxylation sites is 2. The Bertz CT molecular complexity index is 1140. The summed E-state index contributed by atoms with van der Waals surface area (Å²) < 4.78 is 7.22. The maximum Gasteiger partial charge on any atom is 0.325 e. The quantitative estimate of drug-likeness (QED) is 0.530. The Morgan fingerprint density at radius 2 is 1.97 bits per heavy atom. The number of hydrogen-bond acceptors (Lipinski definition) is 5. The number of nitrogens with zero attached hydrogens (tertiary/aromatic N) is 3. The molecule has 1 aromatic heterocycles. The van der Waals surface area contributed by atoms with Crippen LogP contribution in [-0.4, -0.2) is 29.4 Å². The van der Waals surface area contributed by atoms with Crippen molar-refractivity contribution in [3.8, 4) is 17.0 Å². The van der Waals surface area contributed by atoms with Gasteiger partial charge >= 0.3 is 11.3 Å². The van der Waals surface area contributed by atoms with Gasteiger partial charge in [0.1, 0.15) is 5.75 Å². The summed E-state index contributed by atoms with van der Waals surface area (Å²) in [5.74, 6) is 0.552. The summed E-state index contributed by atoms with van der Waals surface area (Å²) in [6, 6.07) is 14.9. The predicted molar refractivity (Wildman–Crippen MR) is 111 cm³/mol. The molecule has 1 N–H and O–H groups in total. The lowest BCUT2D eigenvalue weighted by molar-refractivity contribution is -0.763. The van der Waals surface area contributed by atoms with Crippen molar-refractivity contribution in [1.29, 1.82) is 0 Å². The van der Waals surface area contributed by atoms with Crippen LogP contribution in [0.15, 0.2) is 58.5 Å². The Morgan fingerprint density at radius 3 is 2.69 bits per heavy atom. The first-order valence-corrected chi connectivity index (χ1v) is 10.5. The third kappa shape index (κ3) is 3.09. The van der Waals surface area contributed by atoms with Gasteiger partial charge in [0.05, 0.1) is 23.9 Å². The van der Waals surface area contributed by atoms with Crippen LogP contribution in [0.4, 0.5) is 5.69 Å². The van der Waals surface area contributed by atoms with Gasteiger partial charge in [-0.3, -0.25) is 14.6 Å². The lowest BCUT2D eigenvalue weighted by atomic mass is 10.0. The first-order chi connectivity index (χ1) is 14.1. The van der Waals surface area contributed by atoms with Crippen LogP contribution in [0.3, 0.4) is 0 Å². The van der Waals surface area contributed by atoms with E-state index < -0.39 is 6.17 Å². The molecule has 0 radical (unpaired) electrons. The van der Waals surface area contributed by atoms with Crippen LogP contribution in [0.2, 0.25) is 0 Å². The Morgan fingerprint density at radius 1 is 1.24 bits per heavy atom. The molecule has 1 aliphatic rings. The van der Waals surface area contributed by atoms with E-state index in [0.717, 1.165) is 5.56 Å². The zero-order chi connectivity index (χ0) is 20.5. The van der Waals surface area contributed by atoms with Gasteiger partial charge in [-0.1, -0.05) is 43.0 Å². The van der Waals surface area contributed by atoms with E-state index in [1.54, 1.807) is 16.7 Å². The molecular weight excluding hydrogens is 388 g/mol. The second-order valence-electron chi connectivity index (χ2n) is 6.51. The molecule has 1 atom stereocenters. The van der Waals surface area contributed by atoms with Crippen molar-refractivity contribution in [2.24, 2.45) is 0 Å². The van der Waals surface area contributed by atoms with Gasteiger partial charge in [-0.25, -0.2) is 4.90 Å². The van der Waals surface area contributed by atoms with Gasteiger partial charge in [-0.15, -0.1) is 0 Å². The van der Waals surface area contributed by atoms with Gasteiger partial charge in [0.2, 0.25) is 11.1 Å². The first kappa shape index (κ1) is 19.2. The van der Waals surface area contributed by atoms with Gasteiger partial charge < -0.3 is 4.74 Å². The maximum absolute atomic E-state index is 13.1. The van der Waals surface area contributed by atoms with Crippen molar-refractivity contribution in [3.05, 3.63) is 64.4 Å². The fraction of sp³-hybridized carbons (Fsp3) is 0.238. The molecule has 3 aromatic rings. The van der Waals surface area contributed by atoms with Crippen molar-refractivity contribution < 1.29 is 14.2 Å². The van der Waals surface area contributed by atoms with Crippen molar-refractivity contribution in [3.63, 3.8) is 0 Å². The van der Waals surface area contributed by atoms with Crippen molar-refractivity contribution in [2.45, 2.75) is 24.7 Å². The number of ether oxygens (including phenoxy) is 1. The molecule has 148 valence electrons. The smallest absolute Gasteiger partial charge is 0.325 e. The number of carbonyl (C=O) groups is 1. The Balaban J connectivity index is 2.11. The van der Waals surface area contributed by atoms with Crippen LogP contribution in [0.1, 0.15) is 25.1 Å². The molecule has 0 saturated carbocycles. The molecule has 0 aliphatic carbocycles. The largest absolute Gasteiger partial charge is 0.496 e. The summed E-state index contributed by atoms with van der Waals surface area (Å²) in [6.45, 7) is 1.82. The summed E-state index contributed by atoms with van der Waals surface area (Å²) in [5.41, 5.74) is 2.26. The van der Waals surface area contributed by atoms with E-state index in [1.807, 2.05) is 61.7 Å². The third-order valence-corrected chi connectivity index (χ3v) is 5.51. The number of benzene rings is 2. The molecule has 1 aliphatic heterocycles. The van der Waals surface area contributed by atoms with E-state index >= 15 is 0 Å². The fourth-order valence-electron chi connectivity index (χ4n) is 3.66. The predicted octanol–water partition coefficient (Wildman–Crippen LogP) is 2.76. The van der Waals surface area contributed by atoms with Gasteiger partial charge in [-0.05, 0) is 35.2 Å². The number of fused-ring (bicyclic) bond motifs is 3. The van der Waals surface area contributed by atoms with E-state index in [9.17, 15) is 9.59 Å². The highest BCUT2D eigenvalue weighted by Crippen LogP contribution is 2.39. The Labute approximate surface area is 172 Å². The van der Waals surface area contributed by atoms with Crippen LogP contribution >= 0.6 is 11.8 Å². The zero-order valence-electron chi connectivity index (χ0n) is 16.4. The molecule has 2 heterocycles. The number of anilines is 1. The van der Waals surface area contributed by atoms with Crippen LogP contribution in [0.5, 0.6) is 5.75 Å². The minimum Gasteiger partial charge on any atom is -0.496 e. The number of H-pyrrole nitrogens is 1. The molecule has 8 heteroatoms. The third-order valence-electron chi connectivity index (χ3n) is 4.94. The molecule has 7 nitrogen and oxygen atoms in total. The number of thioether (sulfide) groups is 1. The molecule has 0 fully saturated rings. The second-order valence-corrected chi connectivity index (χ2v) is 7.30. The SMILES string of the molecule is CCC(=O)N1c2ccccc2-c2c(=O)[nH]c(SC)n[n+]2[C@@H]1c1ccccc1OC. The molecule has 4 rings (SSSR count). The Kier molecular flexibility index (Phi) is 5.10. The van der Waals surface area contributed by atoms with E-state index in [2.05, 4.69) is 10.1 Å². The number of aromatic nitrogens is 3. The van der Waals surface area contributed by atoms with Crippen LogP contribution < -0.4 is 19.9 Å². The summed E-state index contributed by atoms with van der Waals surface area (Å²) in [7, 11) is 1.59. The molecule has 2 aromatic carbocycles. The van der Waals surface area contributed by atoms with Gasteiger partial charge in [-0.2, -0.15) is 0 Å². The zero-order valence-corrected chi connectivity index (χ0v) is 17.2. The number of aromatic amines is 1. The summed E-state index contributed by atoms with van der Waals surface area (Å²) in [4.78, 5) is 30.7. The van der Waals surface area contributed by atoms with E-state index in [-0.39, 0.29) is 11.5 Å².